The van der Waals surface area contributed by atoms with Crippen LogP contribution in [-0.4, -0.2) is 23.9 Å². The summed E-state index contributed by atoms with van der Waals surface area (Å²) in [7, 11) is 1.44. The van der Waals surface area contributed by atoms with Crippen molar-refractivity contribution in [1.29, 1.82) is 0 Å². The number of aliphatic hydroxyl groups excluding tert-OH is 1. The van der Waals surface area contributed by atoms with Crippen LogP contribution in [0.4, 0.5) is 0 Å². The van der Waals surface area contributed by atoms with Crippen LogP contribution in [-0.2, 0) is 9.53 Å². The molecule has 1 fully saturated rings. The zero-order chi connectivity index (χ0) is 14.8. The number of aliphatic hydroxyl groups is 1. The largest absolute Gasteiger partial charge is 0.469 e. The fourth-order valence-corrected chi connectivity index (χ4v) is 4.01. The Bertz CT molecular complexity index is 498. The SMILES string of the molecule is COC(=O)CC1(CSc2ccc([C@H](C)O)cc2Br)CC1. The summed E-state index contributed by atoms with van der Waals surface area (Å²) < 4.78 is 5.75. The maximum atomic E-state index is 11.4. The number of methoxy groups -OCH3 is 1. The third-order valence-electron chi connectivity index (χ3n) is 3.68. The standard InChI is InChI=1S/C15H19BrO3S/c1-10(17)11-3-4-13(12(16)7-11)20-9-15(5-6-15)8-14(18)19-2/h3-4,7,10,17H,5-6,8-9H2,1-2H3/t10-/m0/s1. The van der Waals surface area contributed by atoms with E-state index in [1.807, 2.05) is 18.2 Å². The van der Waals surface area contributed by atoms with Crippen LogP contribution >= 0.6 is 27.7 Å². The molecule has 0 spiro atoms. The van der Waals surface area contributed by atoms with Gasteiger partial charge in [0.15, 0.2) is 0 Å². The van der Waals surface area contributed by atoms with Crippen LogP contribution in [0.3, 0.4) is 0 Å². The minimum Gasteiger partial charge on any atom is -0.469 e. The molecular formula is C15H19BrO3S. The number of hydrogen-bond donors (Lipinski definition) is 1. The second kappa shape index (κ2) is 6.50. The Hall–Kier alpha value is -0.520. The lowest BCUT2D eigenvalue weighted by Gasteiger charge is -2.14. The van der Waals surface area contributed by atoms with Gasteiger partial charge in [0.05, 0.1) is 19.6 Å². The second-order valence-corrected chi connectivity index (χ2v) is 7.28. The van der Waals surface area contributed by atoms with Crippen molar-refractivity contribution < 1.29 is 14.6 Å². The summed E-state index contributed by atoms with van der Waals surface area (Å²) >= 11 is 5.30. The van der Waals surface area contributed by atoms with Gasteiger partial charge < -0.3 is 9.84 Å². The van der Waals surface area contributed by atoms with E-state index >= 15 is 0 Å². The molecule has 1 aliphatic carbocycles. The number of thioether (sulfide) groups is 1. The van der Waals surface area contributed by atoms with Crippen molar-refractivity contribution >= 4 is 33.7 Å². The number of esters is 1. The van der Waals surface area contributed by atoms with E-state index in [1.165, 1.54) is 7.11 Å². The quantitative estimate of drug-likeness (QED) is 0.617. The Morgan fingerprint density at radius 1 is 1.55 bits per heavy atom. The Labute approximate surface area is 132 Å². The average molecular weight is 359 g/mol. The van der Waals surface area contributed by atoms with Gasteiger partial charge >= 0.3 is 5.97 Å². The average Bonchev–Trinajstić information content (AvgIpc) is 3.17. The minimum atomic E-state index is -0.459. The summed E-state index contributed by atoms with van der Waals surface area (Å²) in [4.78, 5) is 12.5. The first-order valence-electron chi connectivity index (χ1n) is 6.63. The van der Waals surface area contributed by atoms with E-state index in [0.717, 1.165) is 33.5 Å². The lowest BCUT2D eigenvalue weighted by molar-refractivity contribution is -0.141. The third kappa shape index (κ3) is 3.99. The molecule has 1 aliphatic rings. The molecule has 0 aromatic heterocycles. The number of ether oxygens (including phenoxy) is 1. The number of hydrogen-bond acceptors (Lipinski definition) is 4. The highest BCUT2D eigenvalue weighted by Gasteiger charge is 2.44. The summed E-state index contributed by atoms with van der Waals surface area (Å²) in [5.74, 6) is 0.806. The maximum Gasteiger partial charge on any atom is 0.306 e. The Morgan fingerprint density at radius 2 is 2.25 bits per heavy atom. The van der Waals surface area contributed by atoms with Crippen LogP contribution in [0.25, 0.3) is 0 Å². The number of halogens is 1. The van der Waals surface area contributed by atoms with Crippen LogP contribution in [0.1, 0.15) is 37.9 Å². The van der Waals surface area contributed by atoms with Crippen molar-refractivity contribution in [3.63, 3.8) is 0 Å². The maximum absolute atomic E-state index is 11.4. The molecule has 3 nitrogen and oxygen atoms in total. The van der Waals surface area contributed by atoms with E-state index in [4.69, 9.17) is 4.74 Å². The van der Waals surface area contributed by atoms with Crippen LogP contribution in [0, 0.1) is 5.41 Å². The first-order chi connectivity index (χ1) is 9.46. The molecule has 0 heterocycles. The third-order valence-corrected chi connectivity index (χ3v) is 6.02. The van der Waals surface area contributed by atoms with Gasteiger partial charge in [0, 0.05) is 15.1 Å². The molecule has 0 amide bonds. The second-order valence-electron chi connectivity index (χ2n) is 5.41. The fourth-order valence-electron chi connectivity index (χ4n) is 2.05. The van der Waals surface area contributed by atoms with E-state index in [0.29, 0.717) is 6.42 Å². The number of rotatable bonds is 6. The molecule has 0 bridgehead atoms. The van der Waals surface area contributed by atoms with Crippen LogP contribution in [0.5, 0.6) is 0 Å². The van der Waals surface area contributed by atoms with Crippen molar-refractivity contribution in [2.45, 2.75) is 37.2 Å². The van der Waals surface area contributed by atoms with Gasteiger partial charge in [-0.2, -0.15) is 0 Å². The Balaban J connectivity index is 1.96. The van der Waals surface area contributed by atoms with Gasteiger partial charge in [-0.3, -0.25) is 4.79 Å². The molecule has 0 saturated heterocycles. The van der Waals surface area contributed by atoms with E-state index in [-0.39, 0.29) is 11.4 Å². The zero-order valence-corrected chi connectivity index (χ0v) is 14.1. The highest BCUT2D eigenvalue weighted by Crippen LogP contribution is 2.52. The predicted molar refractivity (Wildman–Crippen MR) is 83.8 cm³/mol. The fraction of sp³-hybridized carbons (Fsp3) is 0.533. The first kappa shape index (κ1) is 15.9. The zero-order valence-electron chi connectivity index (χ0n) is 11.7. The monoisotopic (exact) mass is 358 g/mol. The molecule has 0 unspecified atom stereocenters. The van der Waals surface area contributed by atoms with Gasteiger partial charge in [0.2, 0.25) is 0 Å². The van der Waals surface area contributed by atoms with Crippen molar-refractivity contribution in [2.24, 2.45) is 5.41 Å². The van der Waals surface area contributed by atoms with Crippen LogP contribution < -0.4 is 0 Å². The summed E-state index contributed by atoms with van der Waals surface area (Å²) in [6, 6.07) is 5.91. The van der Waals surface area contributed by atoms with Crippen LogP contribution in [0.2, 0.25) is 0 Å². The molecule has 20 heavy (non-hydrogen) atoms. The molecule has 0 aliphatic heterocycles. The van der Waals surface area contributed by atoms with E-state index in [2.05, 4.69) is 15.9 Å². The molecule has 1 saturated carbocycles. The Morgan fingerprint density at radius 3 is 2.75 bits per heavy atom. The van der Waals surface area contributed by atoms with Gasteiger partial charge in [-0.1, -0.05) is 6.07 Å². The molecule has 1 N–H and O–H groups in total. The van der Waals surface area contributed by atoms with Crippen molar-refractivity contribution in [1.82, 2.24) is 0 Å². The van der Waals surface area contributed by atoms with Crippen molar-refractivity contribution in [2.75, 3.05) is 12.9 Å². The summed E-state index contributed by atoms with van der Waals surface area (Å²) in [5.41, 5.74) is 1.03. The lowest BCUT2D eigenvalue weighted by Crippen LogP contribution is -2.13. The van der Waals surface area contributed by atoms with Crippen LogP contribution in [0.15, 0.2) is 27.6 Å². The highest BCUT2D eigenvalue weighted by atomic mass is 79.9. The molecule has 1 atom stereocenters. The first-order valence-corrected chi connectivity index (χ1v) is 8.41. The topological polar surface area (TPSA) is 46.5 Å². The molecule has 0 radical (unpaired) electrons. The normalized spacial score (nSPS) is 17.6. The van der Waals surface area contributed by atoms with Gasteiger partial charge in [-0.25, -0.2) is 0 Å². The van der Waals surface area contributed by atoms with E-state index < -0.39 is 6.10 Å². The van der Waals surface area contributed by atoms with Crippen molar-refractivity contribution in [3.05, 3.63) is 28.2 Å². The van der Waals surface area contributed by atoms with Gasteiger partial charge in [-0.05, 0) is 58.8 Å². The van der Waals surface area contributed by atoms with E-state index in [1.54, 1.807) is 18.7 Å². The molecule has 5 heteroatoms. The van der Waals surface area contributed by atoms with Gasteiger partial charge in [0.25, 0.3) is 0 Å². The summed E-state index contributed by atoms with van der Waals surface area (Å²) in [5, 5.41) is 9.56. The summed E-state index contributed by atoms with van der Waals surface area (Å²) in [6.07, 6.45) is 2.25. The smallest absolute Gasteiger partial charge is 0.306 e. The molecule has 110 valence electrons. The van der Waals surface area contributed by atoms with Gasteiger partial charge in [0.1, 0.15) is 0 Å². The summed E-state index contributed by atoms with van der Waals surface area (Å²) in [6.45, 7) is 1.75. The lowest BCUT2D eigenvalue weighted by atomic mass is 10.1. The van der Waals surface area contributed by atoms with E-state index in [9.17, 15) is 9.90 Å². The number of carbonyl (C=O) groups excluding carboxylic acids is 1. The molecule has 1 aromatic rings. The molecule has 1 aromatic carbocycles. The molecule has 2 rings (SSSR count). The minimum absolute atomic E-state index is 0.119. The molecular weight excluding hydrogens is 340 g/mol. The highest BCUT2D eigenvalue weighted by molar-refractivity contribution is 9.10. The number of benzene rings is 1. The predicted octanol–water partition coefficient (Wildman–Crippen LogP) is 3.94. The van der Waals surface area contributed by atoms with Crippen molar-refractivity contribution in [3.8, 4) is 0 Å². The number of carbonyl (C=O) groups is 1. The Kier molecular flexibility index (Phi) is 5.15. The van der Waals surface area contributed by atoms with Gasteiger partial charge in [-0.15, -0.1) is 11.8 Å².